The highest BCUT2D eigenvalue weighted by atomic mass is 16.2. The molecule has 2 atom stereocenters. The van der Waals surface area contributed by atoms with E-state index in [4.69, 9.17) is 0 Å². The molecule has 0 aromatic carbocycles. The summed E-state index contributed by atoms with van der Waals surface area (Å²) in [5.41, 5.74) is 0.0812. The van der Waals surface area contributed by atoms with Crippen molar-refractivity contribution >= 4 is 17.5 Å². The number of rotatable bonds is 7. The van der Waals surface area contributed by atoms with Crippen LogP contribution in [-0.2, 0) is 9.59 Å². The van der Waals surface area contributed by atoms with Gasteiger partial charge in [0.15, 0.2) is 0 Å². The van der Waals surface area contributed by atoms with Crippen LogP contribution in [0, 0.1) is 16.7 Å². The molecule has 6 nitrogen and oxygen atoms in total. The molecule has 1 aromatic rings. The first-order valence-corrected chi connectivity index (χ1v) is 8.96. The Bertz CT molecular complexity index is 603. The van der Waals surface area contributed by atoms with E-state index in [2.05, 4.69) is 20.9 Å². The molecule has 6 heteroatoms. The predicted octanol–water partition coefficient (Wildman–Crippen LogP) is 2.19. The highest BCUT2D eigenvalue weighted by Crippen LogP contribution is 2.56. The molecule has 138 valence electrons. The Labute approximate surface area is 150 Å². The summed E-state index contributed by atoms with van der Waals surface area (Å²) < 4.78 is 0. The normalized spacial score (nSPS) is 24.6. The van der Waals surface area contributed by atoms with Crippen molar-refractivity contribution in [1.82, 2.24) is 15.6 Å². The van der Waals surface area contributed by atoms with E-state index in [1.807, 2.05) is 32.9 Å². The number of carbonyl (C=O) groups is 2. The van der Waals surface area contributed by atoms with Crippen LogP contribution in [0.25, 0.3) is 0 Å². The zero-order valence-electron chi connectivity index (χ0n) is 15.7. The molecule has 0 unspecified atom stereocenters. The molecule has 1 fully saturated rings. The Kier molecular flexibility index (Phi) is 6.03. The lowest BCUT2D eigenvalue weighted by Crippen LogP contribution is -2.49. The molecule has 2 amide bonds. The molecular formula is C19H30N4O2. The third-order valence-corrected chi connectivity index (χ3v) is 5.92. The first kappa shape index (κ1) is 19.2. The number of aromatic nitrogens is 1. The van der Waals surface area contributed by atoms with Gasteiger partial charge in [-0.25, -0.2) is 0 Å². The summed E-state index contributed by atoms with van der Waals surface area (Å²) >= 11 is 0. The monoisotopic (exact) mass is 346 g/mol. The third kappa shape index (κ3) is 3.94. The van der Waals surface area contributed by atoms with Gasteiger partial charge in [-0.1, -0.05) is 20.8 Å². The third-order valence-electron chi connectivity index (χ3n) is 5.92. The molecule has 1 heterocycles. The zero-order valence-corrected chi connectivity index (χ0v) is 15.7. The van der Waals surface area contributed by atoms with Crippen LogP contribution in [0.15, 0.2) is 24.5 Å². The molecule has 0 spiro atoms. The van der Waals surface area contributed by atoms with Gasteiger partial charge in [-0.15, -0.1) is 0 Å². The summed E-state index contributed by atoms with van der Waals surface area (Å²) in [7, 11) is 1.66. The Morgan fingerprint density at radius 3 is 2.68 bits per heavy atom. The molecule has 1 aromatic heterocycles. The standard InChI is InChI=1S/C19H30N4O2/c1-18(2)15(16(24)20-4)8-9-19(18,3)17(25)23-12-6-11-22-14-7-5-10-21-13-14/h5,7,10,13,15,22H,6,8-9,11-12H2,1-4H3,(H,20,24)(H,23,25)/t15-,19+/m0/s1. The number of carbonyl (C=O) groups excluding carboxylic acids is 2. The van der Waals surface area contributed by atoms with Crippen molar-refractivity contribution in [1.29, 1.82) is 0 Å². The van der Waals surface area contributed by atoms with E-state index in [0.29, 0.717) is 6.54 Å². The van der Waals surface area contributed by atoms with Crippen molar-refractivity contribution in [2.45, 2.75) is 40.0 Å². The summed E-state index contributed by atoms with van der Waals surface area (Å²) in [6.07, 6.45) is 5.83. The second-order valence-corrected chi connectivity index (χ2v) is 7.54. The smallest absolute Gasteiger partial charge is 0.226 e. The lowest BCUT2D eigenvalue weighted by atomic mass is 9.65. The van der Waals surface area contributed by atoms with Crippen LogP contribution in [0.2, 0.25) is 0 Å². The maximum atomic E-state index is 12.8. The summed E-state index contributed by atoms with van der Waals surface area (Å²) in [5, 5.41) is 9.07. The van der Waals surface area contributed by atoms with E-state index in [9.17, 15) is 9.59 Å². The summed E-state index contributed by atoms with van der Waals surface area (Å²) in [4.78, 5) is 29.0. The minimum absolute atomic E-state index is 0.0298. The molecule has 25 heavy (non-hydrogen) atoms. The van der Waals surface area contributed by atoms with Crippen LogP contribution < -0.4 is 16.0 Å². The van der Waals surface area contributed by atoms with Crippen molar-refractivity contribution in [3.63, 3.8) is 0 Å². The fraction of sp³-hybridized carbons (Fsp3) is 0.632. The minimum atomic E-state index is -0.527. The zero-order chi connectivity index (χ0) is 18.5. The van der Waals surface area contributed by atoms with E-state index in [1.165, 1.54) is 0 Å². The molecule has 2 rings (SSSR count). The van der Waals surface area contributed by atoms with E-state index in [1.54, 1.807) is 19.4 Å². The summed E-state index contributed by atoms with van der Waals surface area (Å²) in [6.45, 7) is 7.43. The highest BCUT2D eigenvalue weighted by Gasteiger charge is 2.57. The minimum Gasteiger partial charge on any atom is -0.384 e. The van der Waals surface area contributed by atoms with E-state index < -0.39 is 5.41 Å². The van der Waals surface area contributed by atoms with Crippen LogP contribution >= 0.6 is 0 Å². The number of nitrogens with zero attached hydrogens (tertiary/aromatic N) is 1. The predicted molar refractivity (Wildman–Crippen MR) is 99.0 cm³/mol. The van der Waals surface area contributed by atoms with E-state index in [-0.39, 0.29) is 23.1 Å². The quantitative estimate of drug-likeness (QED) is 0.661. The molecule has 1 aliphatic carbocycles. The Balaban J connectivity index is 1.82. The van der Waals surface area contributed by atoms with Crippen LogP contribution in [0.4, 0.5) is 5.69 Å². The molecule has 1 saturated carbocycles. The van der Waals surface area contributed by atoms with Crippen molar-refractivity contribution in [3.05, 3.63) is 24.5 Å². The maximum Gasteiger partial charge on any atom is 0.226 e. The van der Waals surface area contributed by atoms with Gasteiger partial charge in [0.2, 0.25) is 11.8 Å². The fourth-order valence-corrected chi connectivity index (χ4v) is 3.73. The van der Waals surface area contributed by atoms with E-state index in [0.717, 1.165) is 31.5 Å². The van der Waals surface area contributed by atoms with E-state index >= 15 is 0 Å². The van der Waals surface area contributed by atoms with Crippen LogP contribution in [-0.4, -0.2) is 36.9 Å². The van der Waals surface area contributed by atoms with Crippen molar-refractivity contribution in [3.8, 4) is 0 Å². The van der Waals surface area contributed by atoms with Crippen molar-refractivity contribution in [2.75, 3.05) is 25.5 Å². The second kappa shape index (κ2) is 7.85. The van der Waals surface area contributed by atoms with Gasteiger partial charge in [-0.3, -0.25) is 14.6 Å². The average Bonchev–Trinajstić information content (AvgIpc) is 2.85. The number of hydrogen-bond donors (Lipinski definition) is 3. The Hall–Kier alpha value is -2.11. The number of amides is 2. The molecule has 0 radical (unpaired) electrons. The van der Waals surface area contributed by atoms with Crippen LogP contribution in [0.5, 0.6) is 0 Å². The molecular weight excluding hydrogens is 316 g/mol. The van der Waals surface area contributed by atoms with Crippen molar-refractivity contribution < 1.29 is 9.59 Å². The molecule has 0 saturated heterocycles. The first-order valence-electron chi connectivity index (χ1n) is 8.96. The highest BCUT2D eigenvalue weighted by molar-refractivity contribution is 5.87. The fourth-order valence-electron chi connectivity index (χ4n) is 3.73. The van der Waals surface area contributed by atoms with Gasteiger partial charge >= 0.3 is 0 Å². The number of anilines is 1. The van der Waals surface area contributed by atoms with Gasteiger partial charge < -0.3 is 16.0 Å². The molecule has 1 aliphatic rings. The SMILES string of the molecule is CNC(=O)[C@@H]1CC[C@](C)(C(=O)NCCCNc2cccnc2)C1(C)C. The number of hydrogen-bond acceptors (Lipinski definition) is 4. The van der Waals surface area contributed by atoms with Crippen LogP contribution in [0.3, 0.4) is 0 Å². The van der Waals surface area contributed by atoms with Gasteiger partial charge in [0.1, 0.15) is 0 Å². The summed E-state index contributed by atoms with van der Waals surface area (Å²) in [6, 6.07) is 3.85. The van der Waals surface area contributed by atoms with Crippen molar-refractivity contribution in [2.24, 2.45) is 16.7 Å². The second-order valence-electron chi connectivity index (χ2n) is 7.54. The molecule has 0 aliphatic heterocycles. The van der Waals surface area contributed by atoms with Gasteiger partial charge in [0.25, 0.3) is 0 Å². The largest absolute Gasteiger partial charge is 0.384 e. The summed E-state index contributed by atoms with van der Waals surface area (Å²) in [5.74, 6) is -0.0482. The topological polar surface area (TPSA) is 83.1 Å². The Morgan fingerprint density at radius 1 is 1.28 bits per heavy atom. The first-order chi connectivity index (χ1) is 11.8. The molecule has 0 bridgehead atoms. The van der Waals surface area contributed by atoms with Gasteiger partial charge in [0.05, 0.1) is 11.1 Å². The van der Waals surface area contributed by atoms with Gasteiger partial charge in [-0.05, 0) is 36.8 Å². The lowest BCUT2D eigenvalue weighted by Gasteiger charge is -2.39. The number of pyridine rings is 1. The van der Waals surface area contributed by atoms with Gasteiger partial charge in [0, 0.05) is 38.4 Å². The van der Waals surface area contributed by atoms with Gasteiger partial charge in [-0.2, -0.15) is 0 Å². The average molecular weight is 346 g/mol. The maximum absolute atomic E-state index is 12.8. The Morgan fingerprint density at radius 2 is 2.04 bits per heavy atom. The van der Waals surface area contributed by atoms with Crippen LogP contribution in [0.1, 0.15) is 40.0 Å². The number of nitrogens with one attached hydrogen (secondary N) is 3. The lowest BCUT2D eigenvalue weighted by molar-refractivity contribution is -0.138. The molecule has 3 N–H and O–H groups in total.